The van der Waals surface area contributed by atoms with Gasteiger partial charge in [-0.3, -0.25) is 4.68 Å². The Labute approximate surface area is 97.0 Å². The van der Waals surface area contributed by atoms with Crippen LogP contribution in [0.3, 0.4) is 0 Å². The molecule has 1 aromatic heterocycles. The Morgan fingerprint density at radius 1 is 1.62 bits per heavy atom. The van der Waals surface area contributed by atoms with E-state index in [1.165, 1.54) is 24.8 Å². The second-order valence-corrected chi connectivity index (χ2v) is 4.79. The standard InChI is InChI=1S/C12H21N3O/c1-10(11-7-14-15(2)8-11)13-9-12(16-3)5-4-6-12/h7-8,10,13H,4-6,9H2,1-3H3. The molecule has 1 saturated carbocycles. The highest BCUT2D eigenvalue weighted by atomic mass is 16.5. The highest BCUT2D eigenvalue weighted by molar-refractivity contribution is 5.09. The number of nitrogens with one attached hydrogen (secondary N) is 1. The zero-order valence-corrected chi connectivity index (χ0v) is 10.4. The lowest BCUT2D eigenvalue weighted by atomic mass is 9.80. The van der Waals surface area contributed by atoms with Gasteiger partial charge in [0.1, 0.15) is 0 Å². The molecule has 1 fully saturated rings. The van der Waals surface area contributed by atoms with Crippen molar-refractivity contribution in [1.29, 1.82) is 0 Å². The second-order valence-electron chi connectivity index (χ2n) is 4.79. The SMILES string of the molecule is COC1(CNC(C)c2cnn(C)c2)CCC1. The van der Waals surface area contributed by atoms with Gasteiger partial charge >= 0.3 is 0 Å². The Hall–Kier alpha value is -0.870. The highest BCUT2D eigenvalue weighted by Gasteiger charge is 2.36. The van der Waals surface area contributed by atoms with Gasteiger partial charge in [-0.25, -0.2) is 0 Å². The zero-order chi connectivity index (χ0) is 11.6. The van der Waals surface area contributed by atoms with E-state index in [-0.39, 0.29) is 5.60 Å². The molecule has 1 unspecified atom stereocenters. The van der Waals surface area contributed by atoms with Gasteiger partial charge in [0, 0.05) is 38.5 Å². The summed E-state index contributed by atoms with van der Waals surface area (Å²) >= 11 is 0. The first-order valence-corrected chi connectivity index (χ1v) is 5.92. The first-order valence-electron chi connectivity index (χ1n) is 5.92. The molecule has 90 valence electrons. The summed E-state index contributed by atoms with van der Waals surface area (Å²) in [5.41, 5.74) is 1.32. The number of ether oxygens (including phenoxy) is 1. The first kappa shape index (κ1) is 11.6. The van der Waals surface area contributed by atoms with Gasteiger partial charge in [0.05, 0.1) is 11.8 Å². The van der Waals surface area contributed by atoms with Crippen LogP contribution in [0.1, 0.15) is 37.8 Å². The van der Waals surface area contributed by atoms with Crippen molar-refractivity contribution in [3.8, 4) is 0 Å². The predicted molar refractivity (Wildman–Crippen MR) is 63.2 cm³/mol. The molecule has 4 nitrogen and oxygen atoms in total. The van der Waals surface area contributed by atoms with E-state index in [1.54, 1.807) is 0 Å². The largest absolute Gasteiger partial charge is 0.377 e. The minimum Gasteiger partial charge on any atom is -0.377 e. The molecule has 1 N–H and O–H groups in total. The van der Waals surface area contributed by atoms with Gasteiger partial charge < -0.3 is 10.1 Å². The van der Waals surface area contributed by atoms with Crippen LogP contribution < -0.4 is 5.32 Å². The quantitative estimate of drug-likeness (QED) is 0.825. The molecule has 1 aliphatic rings. The van der Waals surface area contributed by atoms with Crippen LogP contribution in [0.15, 0.2) is 12.4 Å². The summed E-state index contributed by atoms with van der Waals surface area (Å²) < 4.78 is 7.42. The third kappa shape index (κ3) is 2.28. The van der Waals surface area contributed by atoms with E-state index in [0.717, 1.165) is 6.54 Å². The van der Waals surface area contributed by atoms with E-state index in [1.807, 2.05) is 25.0 Å². The van der Waals surface area contributed by atoms with Crippen molar-refractivity contribution in [1.82, 2.24) is 15.1 Å². The maximum absolute atomic E-state index is 5.58. The van der Waals surface area contributed by atoms with E-state index >= 15 is 0 Å². The third-order valence-corrected chi connectivity index (χ3v) is 3.65. The lowest BCUT2D eigenvalue weighted by molar-refractivity contribution is -0.0706. The number of nitrogens with zero attached hydrogens (tertiary/aromatic N) is 2. The molecule has 2 rings (SSSR count). The Morgan fingerprint density at radius 2 is 2.38 bits per heavy atom. The smallest absolute Gasteiger partial charge is 0.0802 e. The number of hydrogen-bond donors (Lipinski definition) is 1. The summed E-state index contributed by atoms with van der Waals surface area (Å²) in [5.74, 6) is 0. The van der Waals surface area contributed by atoms with Crippen molar-refractivity contribution < 1.29 is 4.74 Å². The van der Waals surface area contributed by atoms with E-state index in [2.05, 4.69) is 23.5 Å². The molecule has 1 heterocycles. The Bertz CT molecular complexity index is 338. The van der Waals surface area contributed by atoms with Crippen LogP contribution in [0.2, 0.25) is 0 Å². The average molecular weight is 223 g/mol. The molecule has 0 bridgehead atoms. The van der Waals surface area contributed by atoms with E-state index in [4.69, 9.17) is 4.74 Å². The lowest BCUT2D eigenvalue weighted by Crippen LogP contribution is -2.48. The van der Waals surface area contributed by atoms with E-state index < -0.39 is 0 Å². The molecule has 0 amide bonds. The predicted octanol–water partition coefficient (Wildman–Crippen LogP) is 1.64. The van der Waals surface area contributed by atoms with Gasteiger partial charge in [-0.15, -0.1) is 0 Å². The third-order valence-electron chi connectivity index (χ3n) is 3.65. The fourth-order valence-corrected chi connectivity index (χ4v) is 2.14. The fraction of sp³-hybridized carbons (Fsp3) is 0.750. The molecular formula is C12H21N3O. The van der Waals surface area contributed by atoms with Crippen molar-refractivity contribution in [2.75, 3.05) is 13.7 Å². The van der Waals surface area contributed by atoms with Crippen molar-refractivity contribution in [2.24, 2.45) is 7.05 Å². The van der Waals surface area contributed by atoms with Crippen LogP contribution in [0.4, 0.5) is 0 Å². The van der Waals surface area contributed by atoms with Crippen molar-refractivity contribution in [3.05, 3.63) is 18.0 Å². The van der Waals surface area contributed by atoms with Gasteiger partial charge in [0.15, 0.2) is 0 Å². The summed E-state index contributed by atoms with van der Waals surface area (Å²) in [6.07, 6.45) is 7.61. The Kier molecular flexibility index (Phi) is 3.30. The van der Waals surface area contributed by atoms with Crippen LogP contribution in [-0.2, 0) is 11.8 Å². The summed E-state index contributed by atoms with van der Waals surface area (Å²) in [6, 6.07) is 0.335. The number of methoxy groups -OCH3 is 1. The monoisotopic (exact) mass is 223 g/mol. The van der Waals surface area contributed by atoms with Crippen molar-refractivity contribution in [2.45, 2.75) is 37.8 Å². The van der Waals surface area contributed by atoms with Crippen LogP contribution >= 0.6 is 0 Å². The Balaban J connectivity index is 1.86. The van der Waals surface area contributed by atoms with Gasteiger partial charge in [0.25, 0.3) is 0 Å². The minimum atomic E-state index is 0.0937. The van der Waals surface area contributed by atoms with Crippen LogP contribution in [0.25, 0.3) is 0 Å². The molecule has 0 radical (unpaired) electrons. The number of hydrogen-bond acceptors (Lipinski definition) is 3. The maximum atomic E-state index is 5.58. The number of rotatable bonds is 5. The molecule has 0 saturated heterocycles. The summed E-state index contributed by atoms with van der Waals surface area (Å²) in [6.45, 7) is 3.10. The second kappa shape index (κ2) is 4.55. The summed E-state index contributed by atoms with van der Waals surface area (Å²) in [5, 5.41) is 7.71. The van der Waals surface area contributed by atoms with Crippen LogP contribution in [0, 0.1) is 0 Å². The first-order chi connectivity index (χ1) is 7.65. The van der Waals surface area contributed by atoms with E-state index in [9.17, 15) is 0 Å². The summed E-state index contributed by atoms with van der Waals surface area (Å²) in [7, 11) is 3.76. The molecule has 4 heteroatoms. The molecular weight excluding hydrogens is 202 g/mol. The highest BCUT2D eigenvalue weighted by Crippen LogP contribution is 2.34. The number of aromatic nitrogens is 2. The normalized spacial score (nSPS) is 20.4. The lowest BCUT2D eigenvalue weighted by Gasteiger charge is -2.41. The van der Waals surface area contributed by atoms with Gasteiger partial charge in [0.2, 0.25) is 0 Å². The van der Waals surface area contributed by atoms with Crippen molar-refractivity contribution in [3.63, 3.8) is 0 Å². The fourth-order valence-electron chi connectivity index (χ4n) is 2.14. The molecule has 0 spiro atoms. The van der Waals surface area contributed by atoms with Crippen molar-refractivity contribution >= 4 is 0 Å². The van der Waals surface area contributed by atoms with E-state index in [0.29, 0.717) is 6.04 Å². The van der Waals surface area contributed by atoms with Crippen LogP contribution in [-0.4, -0.2) is 29.0 Å². The molecule has 0 aromatic carbocycles. The summed E-state index contributed by atoms with van der Waals surface area (Å²) in [4.78, 5) is 0. The average Bonchev–Trinajstić information content (AvgIpc) is 2.64. The number of aryl methyl sites for hydroxylation is 1. The molecule has 1 aromatic rings. The molecule has 1 aliphatic carbocycles. The topological polar surface area (TPSA) is 39.1 Å². The maximum Gasteiger partial charge on any atom is 0.0802 e. The molecule has 16 heavy (non-hydrogen) atoms. The van der Waals surface area contributed by atoms with Gasteiger partial charge in [-0.1, -0.05) is 0 Å². The Morgan fingerprint density at radius 3 is 2.81 bits per heavy atom. The molecule has 0 aliphatic heterocycles. The zero-order valence-electron chi connectivity index (χ0n) is 10.4. The minimum absolute atomic E-state index is 0.0937. The van der Waals surface area contributed by atoms with Gasteiger partial charge in [-0.05, 0) is 26.2 Å². The van der Waals surface area contributed by atoms with Crippen LogP contribution in [0.5, 0.6) is 0 Å². The van der Waals surface area contributed by atoms with Gasteiger partial charge in [-0.2, -0.15) is 5.10 Å². The molecule has 1 atom stereocenters.